The normalized spacial score (nSPS) is 23.1. The molecule has 1 saturated carbocycles. The summed E-state index contributed by atoms with van der Waals surface area (Å²) < 4.78 is 51.1. The van der Waals surface area contributed by atoms with Gasteiger partial charge in [0, 0.05) is 11.5 Å². The van der Waals surface area contributed by atoms with Crippen LogP contribution in [0.4, 0.5) is 17.6 Å². The predicted octanol–water partition coefficient (Wildman–Crippen LogP) is 5.24. The third kappa shape index (κ3) is 3.63. The second-order valence-electron chi connectivity index (χ2n) is 5.69. The first kappa shape index (κ1) is 16.0. The molecule has 2 unspecified atom stereocenters. The molecular formula is C16H18F4O. The Morgan fingerprint density at radius 2 is 2.00 bits per heavy atom. The Labute approximate surface area is 121 Å². The van der Waals surface area contributed by atoms with Crippen molar-refractivity contribution in [3.05, 3.63) is 35.1 Å². The van der Waals surface area contributed by atoms with Crippen LogP contribution >= 0.6 is 0 Å². The van der Waals surface area contributed by atoms with Gasteiger partial charge in [-0.1, -0.05) is 32.3 Å². The van der Waals surface area contributed by atoms with E-state index in [-0.39, 0.29) is 17.3 Å². The fraction of sp³-hybridized carbons (Fsp3) is 0.562. The number of benzene rings is 1. The lowest BCUT2D eigenvalue weighted by molar-refractivity contribution is -0.140. The lowest BCUT2D eigenvalue weighted by Crippen LogP contribution is -2.23. The van der Waals surface area contributed by atoms with Crippen LogP contribution in [0.25, 0.3) is 0 Å². The molecule has 1 aromatic carbocycles. The molecule has 0 amide bonds. The molecule has 0 spiro atoms. The third-order valence-electron chi connectivity index (χ3n) is 4.29. The molecule has 0 saturated heterocycles. The fourth-order valence-electron chi connectivity index (χ4n) is 3.03. The van der Waals surface area contributed by atoms with Gasteiger partial charge >= 0.3 is 6.18 Å². The Morgan fingerprint density at radius 1 is 1.29 bits per heavy atom. The Balaban J connectivity index is 2.18. The van der Waals surface area contributed by atoms with Crippen LogP contribution in [0.1, 0.15) is 54.9 Å². The molecular weight excluding hydrogens is 284 g/mol. The van der Waals surface area contributed by atoms with Crippen molar-refractivity contribution in [1.82, 2.24) is 0 Å². The van der Waals surface area contributed by atoms with Crippen LogP contribution in [0.2, 0.25) is 0 Å². The quantitative estimate of drug-likeness (QED) is 0.551. The van der Waals surface area contributed by atoms with Gasteiger partial charge in [-0.05, 0) is 30.9 Å². The van der Waals surface area contributed by atoms with E-state index in [1.165, 1.54) is 0 Å². The third-order valence-corrected chi connectivity index (χ3v) is 4.29. The summed E-state index contributed by atoms with van der Waals surface area (Å²) in [7, 11) is 0. The van der Waals surface area contributed by atoms with Crippen LogP contribution < -0.4 is 0 Å². The van der Waals surface area contributed by atoms with E-state index in [1.54, 1.807) is 0 Å². The number of halogens is 4. The average Bonchev–Trinajstić information content (AvgIpc) is 2.45. The van der Waals surface area contributed by atoms with Crippen molar-refractivity contribution >= 4 is 5.78 Å². The molecule has 21 heavy (non-hydrogen) atoms. The largest absolute Gasteiger partial charge is 0.419 e. The summed E-state index contributed by atoms with van der Waals surface area (Å²) in [5.74, 6) is -1.33. The molecule has 1 fully saturated rings. The van der Waals surface area contributed by atoms with Gasteiger partial charge in [-0.15, -0.1) is 0 Å². The first-order valence-corrected chi connectivity index (χ1v) is 7.24. The van der Waals surface area contributed by atoms with Crippen molar-refractivity contribution in [2.45, 2.75) is 45.2 Å². The lowest BCUT2D eigenvalue weighted by atomic mass is 9.77. The molecule has 1 aliphatic rings. The second-order valence-corrected chi connectivity index (χ2v) is 5.69. The van der Waals surface area contributed by atoms with E-state index in [0.717, 1.165) is 44.2 Å². The van der Waals surface area contributed by atoms with Crippen LogP contribution in [-0.4, -0.2) is 5.78 Å². The molecule has 116 valence electrons. The Kier molecular flexibility index (Phi) is 4.69. The highest BCUT2D eigenvalue weighted by Crippen LogP contribution is 2.35. The van der Waals surface area contributed by atoms with E-state index in [0.29, 0.717) is 12.0 Å². The van der Waals surface area contributed by atoms with Crippen molar-refractivity contribution < 1.29 is 22.4 Å². The first-order valence-electron chi connectivity index (χ1n) is 7.24. The van der Waals surface area contributed by atoms with Crippen molar-refractivity contribution in [2.75, 3.05) is 0 Å². The summed E-state index contributed by atoms with van der Waals surface area (Å²) in [4.78, 5) is 12.3. The fourth-order valence-corrected chi connectivity index (χ4v) is 3.03. The minimum absolute atomic E-state index is 0.0438. The van der Waals surface area contributed by atoms with Gasteiger partial charge in [-0.2, -0.15) is 13.2 Å². The standard InChI is InChI=1S/C16H18F4O/c1-2-10-4-3-5-11(8-10)15(21)12-6-7-13(14(17)9-12)16(18,19)20/h6-7,9-11H,2-5,8H2,1H3. The summed E-state index contributed by atoms with van der Waals surface area (Å²) >= 11 is 0. The summed E-state index contributed by atoms with van der Waals surface area (Å²) in [6, 6.07) is 2.47. The number of rotatable bonds is 3. The molecule has 1 nitrogen and oxygen atoms in total. The van der Waals surface area contributed by atoms with E-state index in [2.05, 4.69) is 6.92 Å². The molecule has 1 aromatic rings. The number of alkyl halides is 3. The summed E-state index contributed by atoms with van der Waals surface area (Å²) in [6.07, 6.45) is -0.232. The predicted molar refractivity (Wildman–Crippen MR) is 71.5 cm³/mol. The van der Waals surface area contributed by atoms with Gasteiger partial charge in [0.25, 0.3) is 0 Å². The molecule has 2 rings (SSSR count). The van der Waals surface area contributed by atoms with Gasteiger partial charge in [0.15, 0.2) is 5.78 Å². The molecule has 0 aliphatic heterocycles. The summed E-state index contributed by atoms with van der Waals surface area (Å²) in [5.41, 5.74) is -1.28. The molecule has 0 heterocycles. The van der Waals surface area contributed by atoms with Gasteiger partial charge in [0.1, 0.15) is 5.82 Å². The van der Waals surface area contributed by atoms with Crippen LogP contribution in [0, 0.1) is 17.7 Å². The second kappa shape index (κ2) is 6.16. The van der Waals surface area contributed by atoms with Gasteiger partial charge < -0.3 is 0 Å². The maximum atomic E-state index is 13.5. The highest BCUT2D eigenvalue weighted by molar-refractivity contribution is 5.98. The van der Waals surface area contributed by atoms with Crippen LogP contribution in [0.3, 0.4) is 0 Å². The number of hydrogen-bond acceptors (Lipinski definition) is 1. The van der Waals surface area contributed by atoms with Gasteiger partial charge in [0.05, 0.1) is 5.56 Å². The van der Waals surface area contributed by atoms with E-state index in [9.17, 15) is 22.4 Å². The number of ketones is 1. The zero-order valence-electron chi connectivity index (χ0n) is 11.8. The minimum atomic E-state index is -4.73. The Morgan fingerprint density at radius 3 is 2.57 bits per heavy atom. The smallest absolute Gasteiger partial charge is 0.294 e. The topological polar surface area (TPSA) is 17.1 Å². The van der Waals surface area contributed by atoms with Gasteiger partial charge in [0.2, 0.25) is 0 Å². The summed E-state index contributed by atoms with van der Waals surface area (Å²) in [5, 5.41) is 0. The molecule has 2 atom stereocenters. The Bertz CT molecular complexity index is 521. The van der Waals surface area contributed by atoms with Gasteiger partial charge in [-0.25, -0.2) is 4.39 Å². The lowest BCUT2D eigenvalue weighted by Gasteiger charge is -2.27. The molecule has 0 aromatic heterocycles. The highest BCUT2D eigenvalue weighted by Gasteiger charge is 2.35. The average molecular weight is 302 g/mol. The highest BCUT2D eigenvalue weighted by atomic mass is 19.4. The first-order chi connectivity index (χ1) is 9.82. The zero-order chi connectivity index (χ0) is 15.6. The van der Waals surface area contributed by atoms with Crippen LogP contribution in [0.5, 0.6) is 0 Å². The zero-order valence-corrected chi connectivity index (χ0v) is 11.8. The molecule has 1 aliphatic carbocycles. The SMILES string of the molecule is CCC1CCCC(C(=O)c2ccc(C(F)(F)F)c(F)c2)C1. The molecule has 5 heteroatoms. The van der Waals surface area contributed by atoms with Crippen molar-refractivity contribution in [1.29, 1.82) is 0 Å². The summed E-state index contributed by atoms with van der Waals surface area (Å²) in [6.45, 7) is 2.06. The Hall–Kier alpha value is -1.39. The molecule has 0 radical (unpaired) electrons. The maximum absolute atomic E-state index is 13.5. The number of hydrogen-bond donors (Lipinski definition) is 0. The van der Waals surface area contributed by atoms with Crippen LogP contribution in [0.15, 0.2) is 18.2 Å². The van der Waals surface area contributed by atoms with Crippen molar-refractivity contribution in [3.63, 3.8) is 0 Å². The monoisotopic (exact) mass is 302 g/mol. The molecule has 0 bridgehead atoms. The van der Waals surface area contributed by atoms with E-state index < -0.39 is 17.6 Å². The molecule has 0 N–H and O–H groups in total. The van der Waals surface area contributed by atoms with Crippen molar-refractivity contribution in [2.24, 2.45) is 11.8 Å². The minimum Gasteiger partial charge on any atom is -0.294 e. The number of carbonyl (C=O) groups is 1. The number of carbonyl (C=O) groups excluding carboxylic acids is 1. The van der Waals surface area contributed by atoms with E-state index in [1.807, 2.05) is 0 Å². The maximum Gasteiger partial charge on any atom is 0.419 e. The van der Waals surface area contributed by atoms with E-state index in [4.69, 9.17) is 0 Å². The van der Waals surface area contributed by atoms with Gasteiger partial charge in [-0.3, -0.25) is 4.79 Å². The van der Waals surface area contributed by atoms with E-state index >= 15 is 0 Å². The van der Waals surface area contributed by atoms with Crippen LogP contribution in [-0.2, 0) is 6.18 Å². The number of Topliss-reactive ketones (excluding diaryl/α,β-unsaturated/α-hetero) is 1. The van der Waals surface area contributed by atoms with Crippen molar-refractivity contribution in [3.8, 4) is 0 Å².